The van der Waals surface area contributed by atoms with Crippen molar-refractivity contribution in [1.29, 1.82) is 0 Å². The molecule has 36 heavy (non-hydrogen) atoms. The first kappa shape index (κ1) is 29.5. The van der Waals surface area contributed by atoms with Crippen LogP contribution in [0.5, 0.6) is 11.5 Å². The lowest BCUT2D eigenvalue weighted by atomic mass is 9.66. The molecule has 0 saturated carbocycles. The van der Waals surface area contributed by atoms with Crippen LogP contribution in [0, 0.1) is 11.8 Å². The summed E-state index contributed by atoms with van der Waals surface area (Å²) in [5, 5.41) is 19.4. The molecule has 0 aromatic heterocycles. The fraction of sp³-hybridized carbons (Fsp3) is 0.600. The quantitative estimate of drug-likeness (QED) is 0.244. The Morgan fingerprint density at radius 3 is 1.47 bits per heavy atom. The van der Waals surface area contributed by atoms with Gasteiger partial charge < -0.3 is 54.0 Å². The van der Waals surface area contributed by atoms with E-state index in [1.807, 2.05) is 24.3 Å². The molecule has 4 bridgehead atoms. The predicted octanol–water partition coefficient (Wildman–Crippen LogP) is -3.73. The maximum atomic E-state index is 9.72. The van der Waals surface area contributed by atoms with Crippen molar-refractivity contribution in [3.05, 3.63) is 58.7 Å². The number of halogens is 2. The number of nitrogens with one attached hydrogen (secondary N) is 2. The Balaban J connectivity index is 0.000000190. The molecule has 6 atom stereocenters. The minimum atomic E-state index is 0. The van der Waals surface area contributed by atoms with E-state index in [2.05, 4.69) is 40.1 Å². The second kappa shape index (κ2) is 11.3. The highest BCUT2D eigenvalue weighted by molar-refractivity contribution is 5.43. The second-order valence-electron chi connectivity index (χ2n) is 12.7. The Labute approximate surface area is 238 Å². The van der Waals surface area contributed by atoms with Gasteiger partial charge in [0.25, 0.3) is 0 Å². The first-order valence-corrected chi connectivity index (χ1v) is 13.4. The van der Waals surface area contributed by atoms with Gasteiger partial charge in [-0.15, -0.1) is 0 Å². The zero-order valence-electron chi connectivity index (χ0n) is 22.3. The lowest BCUT2D eigenvalue weighted by Crippen LogP contribution is -3.09. The summed E-state index contributed by atoms with van der Waals surface area (Å²) in [5.41, 5.74) is 6.32. The van der Waals surface area contributed by atoms with Gasteiger partial charge in [-0.1, -0.05) is 26.0 Å². The van der Waals surface area contributed by atoms with E-state index in [4.69, 9.17) is 0 Å². The zero-order chi connectivity index (χ0) is 24.1. The molecule has 200 valence electrons. The summed E-state index contributed by atoms with van der Waals surface area (Å²) in [6.45, 7) is 9.88. The van der Waals surface area contributed by atoms with E-state index in [9.17, 15) is 10.2 Å². The molecule has 0 spiro atoms. The van der Waals surface area contributed by atoms with Crippen LogP contribution in [-0.4, -0.2) is 50.5 Å². The third-order valence-electron chi connectivity index (χ3n) is 9.46. The van der Waals surface area contributed by atoms with Gasteiger partial charge in [-0.25, -0.2) is 0 Å². The molecule has 2 saturated heterocycles. The third kappa shape index (κ3) is 5.98. The summed E-state index contributed by atoms with van der Waals surface area (Å²) in [5.74, 6) is 2.49. The zero-order valence-corrected chi connectivity index (χ0v) is 25.5. The van der Waals surface area contributed by atoms with Crippen molar-refractivity contribution < 1.29 is 54.0 Å². The van der Waals surface area contributed by atoms with E-state index in [0.717, 1.165) is 11.8 Å². The largest absolute Gasteiger partial charge is 1.00 e. The van der Waals surface area contributed by atoms with Crippen molar-refractivity contribution in [3.63, 3.8) is 0 Å². The number of phenolic OH excluding ortho intramolecular Hbond substituents is 2. The number of likely N-dealkylation sites (tertiary alicyclic amines) is 2. The summed E-state index contributed by atoms with van der Waals surface area (Å²) in [6.07, 6.45) is 7.46. The van der Waals surface area contributed by atoms with Crippen molar-refractivity contribution in [1.82, 2.24) is 0 Å². The lowest BCUT2D eigenvalue weighted by Gasteiger charge is -2.37. The first-order valence-electron chi connectivity index (χ1n) is 13.4. The van der Waals surface area contributed by atoms with Crippen molar-refractivity contribution in [2.24, 2.45) is 11.8 Å². The molecule has 2 unspecified atom stereocenters. The van der Waals surface area contributed by atoms with Crippen LogP contribution in [0.1, 0.15) is 61.8 Å². The van der Waals surface area contributed by atoms with Gasteiger partial charge in [0.1, 0.15) is 11.5 Å². The second-order valence-corrected chi connectivity index (χ2v) is 12.7. The van der Waals surface area contributed by atoms with Gasteiger partial charge in [0.15, 0.2) is 0 Å². The smallest absolute Gasteiger partial charge is 0.115 e. The molecule has 4 N–H and O–H groups in total. The first-order chi connectivity index (χ1) is 16.1. The fourth-order valence-corrected chi connectivity index (χ4v) is 7.80. The van der Waals surface area contributed by atoms with Crippen LogP contribution in [0.15, 0.2) is 36.4 Å². The highest BCUT2D eigenvalue weighted by atomic mass is 79.9. The normalized spacial score (nSPS) is 34.1. The van der Waals surface area contributed by atoms with E-state index >= 15 is 0 Å². The number of hydrogen-bond acceptors (Lipinski definition) is 2. The standard InChI is InChI=1S/2C15H21NO.2BrH/c2*1-15-5-6-16(2)10-11(9-15)7-12-3-4-13(17)8-14(12)15;;/h2*3-4,8,11,17H,5-7,9-10H2,1-2H3;2*1H/t2*11-,15-;;/m00../s1. The molecular formula is C30H44Br2N2O2. The van der Waals surface area contributed by atoms with Crippen molar-refractivity contribution in [2.45, 2.75) is 63.2 Å². The molecule has 4 nitrogen and oxygen atoms in total. The Bertz CT molecular complexity index is 980. The molecular weight excluding hydrogens is 580 g/mol. The number of phenols is 2. The fourth-order valence-electron chi connectivity index (χ4n) is 7.80. The Kier molecular flexibility index (Phi) is 9.29. The number of benzene rings is 2. The van der Waals surface area contributed by atoms with Crippen molar-refractivity contribution >= 4 is 0 Å². The van der Waals surface area contributed by atoms with Crippen LogP contribution >= 0.6 is 0 Å². The summed E-state index contributed by atoms with van der Waals surface area (Å²) in [7, 11) is 4.62. The van der Waals surface area contributed by atoms with E-state index in [1.165, 1.54) is 87.0 Å². The minimum absolute atomic E-state index is 0. The summed E-state index contributed by atoms with van der Waals surface area (Å²) in [4.78, 5) is 3.33. The Morgan fingerprint density at radius 1 is 0.694 bits per heavy atom. The molecule has 6 rings (SSSR count). The number of fused-ring (bicyclic) bond motifs is 8. The van der Waals surface area contributed by atoms with Gasteiger partial charge in [-0.2, -0.15) is 0 Å². The molecule has 2 heterocycles. The highest BCUT2D eigenvalue weighted by Gasteiger charge is 2.41. The number of rotatable bonds is 0. The Morgan fingerprint density at radius 2 is 1.08 bits per heavy atom. The molecule has 2 aliphatic heterocycles. The number of aromatic hydroxyl groups is 2. The van der Waals surface area contributed by atoms with Gasteiger partial charge in [0.05, 0.1) is 40.3 Å². The lowest BCUT2D eigenvalue weighted by molar-refractivity contribution is -0.882. The topological polar surface area (TPSA) is 49.3 Å². The van der Waals surface area contributed by atoms with Gasteiger partial charge >= 0.3 is 0 Å². The van der Waals surface area contributed by atoms with Crippen LogP contribution in [0.2, 0.25) is 0 Å². The van der Waals surface area contributed by atoms with E-state index in [0.29, 0.717) is 11.5 Å². The molecule has 0 radical (unpaired) electrons. The van der Waals surface area contributed by atoms with Gasteiger partial charge in [-0.3, -0.25) is 0 Å². The number of hydrogen-bond donors (Lipinski definition) is 4. The van der Waals surface area contributed by atoms with Crippen LogP contribution < -0.4 is 43.8 Å². The Hall–Kier alpha value is -1.08. The SMILES string of the molecule is C[NH+]1CC[C@@]2(C)C[C@H](Cc3ccc(O)cc32)C1.C[NH+]1CC[C@@]2(C)C[C@H](Cc3ccc(O)cc32)C1.[Br-].[Br-]. The van der Waals surface area contributed by atoms with Gasteiger partial charge in [0.2, 0.25) is 0 Å². The average molecular weight is 625 g/mol. The maximum absolute atomic E-state index is 9.72. The molecule has 2 aromatic rings. The highest BCUT2D eigenvalue weighted by Crippen LogP contribution is 2.44. The minimum Gasteiger partial charge on any atom is -1.00 e. The average Bonchev–Trinajstić information content (AvgIpc) is 2.98. The summed E-state index contributed by atoms with van der Waals surface area (Å²) < 4.78 is 0. The molecule has 4 aliphatic rings. The summed E-state index contributed by atoms with van der Waals surface area (Å²) >= 11 is 0. The molecule has 0 amide bonds. The van der Waals surface area contributed by atoms with E-state index in [1.54, 1.807) is 9.80 Å². The third-order valence-corrected chi connectivity index (χ3v) is 9.46. The molecule has 2 aliphatic carbocycles. The molecule has 2 fully saturated rings. The van der Waals surface area contributed by atoms with Crippen LogP contribution in [-0.2, 0) is 23.7 Å². The molecule has 6 heteroatoms. The van der Waals surface area contributed by atoms with Crippen molar-refractivity contribution in [3.8, 4) is 11.5 Å². The van der Waals surface area contributed by atoms with Gasteiger partial charge in [-0.05, 0) is 83.0 Å². The van der Waals surface area contributed by atoms with Crippen molar-refractivity contribution in [2.75, 3.05) is 40.3 Å². The van der Waals surface area contributed by atoms with Crippen LogP contribution in [0.3, 0.4) is 0 Å². The predicted molar refractivity (Wildman–Crippen MR) is 137 cm³/mol. The van der Waals surface area contributed by atoms with E-state index < -0.39 is 0 Å². The maximum Gasteiger partial charge on any atom is 0.115 e. The van der Waals surface area contributed by atoms with Gasteiger partial charge in [0, 0.05) is 24.7 Å². The monoisotopic (exact) mass is 622 g/mol. The summed E-state index contributed by atoms with van der Waals surface area (Å²) in [6, 6.07) is 12.0. The van der Waals surface area contributed by atoms with Crippen LogP contribution in [0.4, 0.5) is 0 Å². The van der Waals surface area contributed by atoms with E-state index in [-0.39, 0.29) is 44.8 Å². The number of quaternary nitrogens is 2. The van der Waals surface area contributed by atoms with Crippen LogP contribution in [0.25, 0.3) is 0 Å². The molecule has 2 aromatic carbocycles.